The maximum absolute atomic E-state index is 12.5. The lowest BCUT2D eigenvalue weighted by atomic mass is 10.1. The second kappa shape index (κ2) is 11.3. The van der Waals surface area contributed by atoms with Gasteiger partial charge in [-0.3, -0.25) is 19.4 Å². The maximum atomic E-state index is 12.5. The molecule has 0 unspecified atom stereocenters. The normalized spacial score (nSPS) is 11.3. The Labute approximate surface area is 199 Å². The van der Waals surface area contributed by atoms with Gasteiger partial charge in [-0.25, -0.2) is 9.78 Å². The zero-order valence-electron chi connectivity index (χ0n) is 18.5. The smallest absolute Gasteiger partial charge is 0.326 e. The van der Waals surface area contributed by atoms with Gasteiger partial charge >= 0.3 is 11.9 Å². The number of fused-ring (bicyclic) bond motifs is 1. The molecule has 3 aromatic rings. The molecule has 0 saturated heterocycles. The summed E-state index contributed by atoms with van der Waals surface area (Å²) >= 11 is 0. The van der Waals surface area contributed by atoms with Crippen LogP contribution in [0.2, 0.25) is 0 Å². The zero-order valence-corrected chi connectivity index (χ0v) is 18.5. The highest BCUT2D eigenvalue weighted by Crippen LogP contribution is 2.15. The number of anilines is 2. The number of carboxylic acids is 1. The van der Waals surface area contributed by atoms with Gasteiger partial charge in [0, 0.05) is 24.2 Å². The fourth-order valence-corrected chi connectivity index (χ4v) is 3.21. The maximum Gasteiger partial charge on any atom is 0.326 e. The highest BCUT2D eigenvalue weighted by atomic mass is 16.5. The van der Waals surface area contributed by atoms with Crippen LogP contribution in [0.25, 0.3) is 10.9 Å². The number of hydrogen-bond acceptors (Lipinski definition) is 8. The number of H-pyrrole nitrogens is 1. The van der Waals surface area contributed by atoms with Crippen LogP contribution in [0.3, 0.4) is 0 Å². The summed E-state index contributed by atoms with van der Waals surface area (Å²) in [7, 11) is 0. The van der Waals surface area contributed by atoms with Crippen molar-refractivity contribution >= 4 is 40.4 Å². The minimum atomic E-state index is -1.27. The minimum Gasteiger partial charge on any atom is -0.480 e. The Morgan fingerprint density at radius 1 is 1.20 bits per heavy atom. The van der Waals surface area contributed by atoms with Crippen LogP contribution < -0.4 is 21.9 Å². The van der Waals surface area contributed by atoms with E-state index in [1.807, 2.05) is 6.07 Å². The van der Waals surface area contributed by atoms with Gasteiger partial charge in [-0.05, 0) is 48.4 Å². The van der Waals surface area contributed by atoms with Crippen molar-refractivity contribution in [3.05, 3.63) is 63.9 Å². The second-order valence-corrected chi connectivity index (χ2v) is 7.50. The molecule has 0 fully saturated rings. The van der Waals surface area contributed by atoms with Crippen molar-refractivity contribution in [3.63, 3.8) is 0 Å². The lowest BCUT2D eigenvalue weighted by Crippen LogP contribution is -2.41. The number of nitrogens with zero attached hydrogens (tertiary/aromatic N) is 1. The quantitative estimate of drug-likeness (QED) is 0.212. The predicted molar refractivity (Wildman–Crippen MR) is 128 cm³/mol. The predicted octanol–water partition coefficient (Wildman–Crippen LogP) is 1.26. The summed E-state index contributed by atoms with van der Waals surface area (Å²) in [6.07, 6.45) is 4.66. The third kappa shape index (κ3) is 6.82. The van der Waals surface area contributed by atoms with Crippen LogP contribution in [-0.2, 0) is 20.9 Å². The van der Waals surface area contributed by atoms with Crippen LogP contribution in [0, 0.1) is 12.3 Å². The summed E-state index contributed by atoms with van der Waals surface area (Å²) in [6.45, 7) is 0.205. The number of nitrogens with two attached hydrogens (primary N) is 1. The molecule has 2 aromatic carbocycles. The number of terminal acetylenes is 1. The average molecular weight is 477 g/mol. The number of hydrogen-bond donors (Lipinski definition) is 5. The van der Waals surface area contributed by atoms with Crippen LogP contribution in [0.15, 0.2) is 47.3 Å². The first kappa shape index (κ1) is 24.8. The average Bonchev–Trinajstić information content (AvgIpc) is 2.84. The number of ether oxygens (including phenoxy) is 1. The van der Waals surface area contributed by atoms with Gasteiger partial charge in [0.05, 0.1) is 10.9 Å². The second-order valence-electron chi connectivity index (χ2n) is 7.50. The van der Waals surface area contributed by atoms with E-state index in [0.29, 0.717) is 23.1 Å². The Balaban J connectivity index is 1.57. The molecule has 35 heavy (non-hydrogen) atoms. The van der Waals surface area contributed by atoms with E-state index in [1.54, 1.807) is 24.3 Å². The van der Waals surface area contributed by atoms with E-state index in [9.17, 15) is 24.3 Å². The van der Waals surface area contributed by atoms with Crippen molar-refractivity contribution < 1.29 is 24.2 Å². The van der Waals surface area contributed by atoms with Crippen molar-refractivity contribution in [2.75, 3.05) is 17.7 Å². The van der Waals surface area contributed by atoms with Crippen molar-refractivity contribution in [3.8, 4) is 12.3 Å². The molecule has 0 aliphatic carbocycles. The van der Waals surface area contributed by atoms with Crippen LogP contribution in [0.4, 0.5) is 11.6 Å². The summed E-state index contributed by atoms with van der Waals surface area (Å²) in [4.78, 5) is 54.0. The minimum absolute atomic E-state index is 0.0507. The Morgan fingerprint density at radius 3 is 2.63 bits per heavy atom. The number of aromatic nitrogens is 2. The van der Waals surface area contributed by atoms with Crippen molar-refractivity contribution in [2.45, 2.75) is 25.4 Å². The van der Waals surface area contributed by atoms with Crippen molar-refractivity contribution in [1.82, 2.24) is 15.3 Å². The van der Waals surface area contributed by atoms with Gasteiger partial charge in [0.15, 0.2) is 6.61 Å². The van der Waals surface area contributed by atoms with Crippen molar-refractivity contribution in [1.29, 1.82) is 0 Å². The van der Waals surface area contributed by atoms with E-state index < -0.39 is 23.9 Å². The largest absolute Gasteiger partial charge is 0.480 e. The summed E-state index contributed by atoms with van der Waals surface area (Å²) in [5.74, 6) is -0.317. The number of amides is 1. The number of esters is 1. The molecule has 11 nitrogen and oxygen atoms in total. The Bertz CT molecular complexity index is 1340. The number of nitrogens with one attached hydrogen (secondary N) is 3. The molecule has 1 atom stereocenters. The summed E-state index contributed by atoms with van der Waals surface area (Å²) in [5.41, 5.74) is 7.51. The number of carboxylic acid groups (broad SMARTS) is 1. The molecule has 1 amide bonds. The van der Waals surface area contributed by atoms with E-state index in [0.717, 1.165) is 5.56 Å². The molecule has 0 saturated carbocycles. The highest BCUT2D eigenvalue weighted by Gasteiger charge is 2.22. The molecular weight excluding hydrogens is 454 g/mol. The third-order valence-electron chi connectivity index (χ3n) is 4.99. The third-order valence-corrected chi connectivity index (χ3v) is 4.99. The molecular formula is C24H23N5O6. The zero-order chi connectivity index (χ0) is 25.4. The topological polar surface area (TPSA) is 176 Å². The monoisotopic (exact) mass is 477 g/mol. The number of nitrogen functional groups attached to an aromatic ring is 1. The van der Waals surface area contributed by atoms with E-state index in [-0.39, 0.29) is 36.5 Å². The Kier molecular flexibility index (Phi) is 8.02. The summed E-state index contributed by atoms with van der Waals surface area (Å²) < 4.78 is 4.70. The standard InChI is InChI=1S/C24H23N5O6/c1-2-11-35-20(30)10-9-19(23(33)34)27-21(31)15-4-6-16(7-5-15)26-13-14-3-8-18-17(12-14)22(32)29-24(25)28-18/h1,3-8,12,19,26H,9-11,13H2,(H,27,31)(H,33,34)(H3,25,28,29,32)/t19-/m0/s1. The SMILES string of the molecule is C#CCOC(=O)CC[C@H](NC(=O)c1ccc(NCc2ccc3nc(N)[nH]c(=O)c3c2)cc1)C(=O)O. The number of carbonyl (C=O) groups excluding carboxylic acids is 2. The number of carbonyl (C=O) groups is 3. The van der Waals surface area contributed by atoms with Crippen LogP contribution in [0.5, 0.6) is 0 Å². The van der Waals surface area contributed by atoms with Crippen LogP contribution in [-0.4, -0.2) is 45.6 Å². The van der Waals surface area contributed by atoms with E-state index >= 15 is 0 Å². The van der Waals surface area contributed by atoms with Gasteiger partial charge in [0.1, 0.15) is 6.04 Å². The van der Waals surface area contributed by atoms with Crippen LogP contribution in [0.1, 0.15) is 28.8 Å². The number of aliphatic carboxylic acids is 1. The molecule has 0 radical (unpaired) electrons. The van der Waals surface area contributed by atoms with Gasteiger partial charge in [-0.15, -0.1) is 6.42 Å². The molecule has 0 aliphatic heterocycles. The lowest BCUT2D eigenvalue weighted by Gasteiger charge is -2.14. The highest BCUT2D eigenvalue weighted by molar-refractivity contribution is 5.97. The van der Waals surface area contributed by atoms with Crippen molar-refractivity contribution in [2.24, 2.45) is 0 Å². The lowest BCUT2D eigenvalue weighted by molar-refractivity contribution is -0.143. The summed E-state index contributed by atoms with van der Waals surface area (Å²) in [6, 6.07) is 10.4. The van der Waals surface area contributed by atoms with E-state index in [2.05, 4.69) is 26.5 Å². The summed E-state index contributed by atoms with van der Waals surface area (Å²) in [5, 5.41) is 15.3. The number of aromatic amines is 1. The fourth-order valence-electron chi connectivity index (χ4n) is 3.21. The van der Waals surface area contributed by atoms with Gasteiger partial charge in [0.2, 0.25) is 5.95 Å². The molecule has 180 valence electrons. The molecule has 0 bridgehead atoms. The first-order valence-electron chi connectivity index (χ1n) is 10.5. The van der Waals surface area contributed by atoms with E-state index in [4.69, 9.17) is 16.9 Å². The fraction of sp³-hybridized carbons (Fsp3) is 0.208. The van der Waals surface area contributed by atoms with Gasteiger partial charge in [-0.2, -0.15) is 0 Å². The van der Waals surface area contributed by atoms with Crippen LogP contribution >= 0.6 is 0 Å². The number of rotatable bonds is 10. The van der Waals surface area contributed by atoms with E-state index in [1.165, 1.54) is 12.1 Å². The number of benzene rings is 2. The molecule has 0 aliphatic rings. The Morgan fingerprint density at radius 2 is 1.94 bits per heavy atom. The van der Waals surface area contributed by atoms with Gasteiger partial charge in [0.25, 0.3) is 11.5 Å². The molecule has 1 aromatic heterocycles. The Hall–Kier alpha value is -4.85. The van der Waals surface area contributed by atoms with Gasteiger partial charge < -0.3 is 26.2 Å². The molecule has 0 spiro atoms. The molecule has 11 heteroatoms. The molecule has 1 heterocycles. The molecule has 3 rings (SSSR count). The molecule has 6 N–H and O–H groups in total. The first-order chi connectivity index (χ1) is 16.8. The van der Waals surface area contributed by atoms with Gasteiger partial charge in [-0.1, -0.05) is 12.0 Å². The first-order valence-corrected chi connectivity index (χ1v) is 10.5.